The van der Waals surface area contributed by atoms with Gasteiger partial charge in [-0.25, -0.2) is 4.57 Å². The maximum absolute atomic E-state index is 12.8. The van der Waals surface area contributed by atoms with Crippen molar-refractivity contribution in [1.29, 1.82) is 0 Å². The summed E-state index contributed by atoms with van der Waals surface area (Å²) in [6.45, 7) is 3.23. The highest BCUT2D eigenvalue weighted by Crippen LogP contribution is 2.36. The third-order valence-electron chi connectivity index (χ3n) is 9.60. The number of ether oxygens (including phenoxy) is 2. The van der Waals surface area contributed by atoms with Gasteiger partial charge in [0.2, 0.25) is 0 Å². The van der Waals surface area contributed by atoms with Crippen LogP contribution < -0.4 is 5.73 Å². The molecule has 12 nitrogen and oxygen atoms in total. The molecular formula is C45H80NO11PS. The number of aliphatic hydroxyl groups is 1. The Morgan fingerprint density at radius 2 is 1.25 bits per heavy atom. The number of esters is 2. The summed E-state index contributed by atoms with van der Waals surface area (Å²) in [5.74, 6) is -2.33. The first kappa shape index (κ1) is 56.8. The van der Waals surface area contributed by atoms with Crippen molar-refractivity contribution in [2.24, 2.45) is 5.73 Å². The molecule has 0 aromatic rings. The Bertz CT molecular complexity index is 1220. The number of carboxylic acid groups (broad SMARTS) is 1. The van der Waals surface area contributed by atoms with Crippen molar-refractivity contribution < 1.29 is 52.9 Å². The molecule has 0 heterocycles. The molecule has 0 amide bonds. The number of phosphoric acid groups is 1. The van der Waals surface area contributed by atoms with Crippen LogP contribution in [-0.2, 0) is 32.9 Å². The van der Waals surface area contributed by atoms with Crippen LogP contribution in [0.3, 0.4) is 0 Å². The topological polar surface area (TPSA) is 203 Å². The zero-order valence-electron chi connectivity index (χ0n) is 36.3. The van der Waals surface area contributed by atoms with Crippen LogP contribution in [0.4, 0.5) is 0 Å². The summed E-state index contributed by atoms with van der Waals surface area (Å²) >= 11 is 1.21. The Hall–Kier alpha value is -2.25. The quantitative estimate of drug-likeness (QED) is 0.0128. The van der Waals surface area contributed by atoms with Crippen molar-refractivity contribution in [3.8, 4) is 0 Å². The summed E-state index contributed by atoms with van der Waals surface area (Å²) in [6.07, 6.45) is 38.7. The van der Waals surface area contributed by atoms with E-state index in [4.69, 9.17) is 20.3 Å². The highest BCUT2D eigenvalue weighted by Gasteiger charge is 2.26. The molecule has 6 N–H and O–H groups in total. The van der Waals surface area contributed by atoms with Crippen molar-refractivity contribution in [2.45, 2.75) is 198 Å². The van der Waals surface area contributed by atoms with E-state index in [1.165, 1.54) is 108 Å². The normalized spacial score (nSPS) is 14.4. The maximum Gasteiger partial charge on any atom is 0.469 e. The first-order chi connectivity index (χ1) is 28.4. The molecular weight excluding hydrogens is 794 g/mol. The van der Waals surface area contributed by atoms with Crippen LogP contribution in [0, 0.1) is 0 Å². The molecule has 14 heteroatoms. The fraction of sp³-hybridized carbons (Fsp3) is 0.756. The summed E-state index contributed by atoms with van der Waals surface area (Å²) in [5, 5.41) is 19.3. The van der Waals surface area contributed by atoms with E-state index in [2.05, 4.69) is 30.5 Å². The molecule has 0 saturated carbocycles. The molecule has 0 aromatic heterocycles. The lowest BCUT2D eigenvalue weighted by atomic mass is 10.0. The fourth-order valence-corrected chi connectivity index (χ4v) is 7.60. The average Bonchev–Trinajstić information content (AvgIpc) is 3.19. The van der Waals surface area contributed by atoms with Crippen molar-refractivity contribution >= 4 is 37.5 Å². The number of thioether (sulfide) groups is 1. The molecule has 0 aliphatic heterocycles. The van der Waals surface area contributed by atoms with Crippen LogP contribution in [0.25, 0.3) is 0 Å². The van der Waals surface area contributed by atoms with Crippen LogP contribution >= 0.6 is 19.6 Å². The van der Waals surface area contributed by atoms with Gasteiger partial charge in [-0.2, -0.15) is 0 Å². The van der Waals surface area contributed by atoms with Crippen molar-refractivity contribution in [1.82, 2.24) is 0 Å². The van der Waals surface area contributed by atoms with E-state index >= 15 is 0 Å². The lowest BCUT2D eigenvalue weighted by Crippen LogP contribution is -2.38. The molecule has 0 bridgehead atoms. The van der Waals surface area contributed by atoms with Gasteiger partial charge in [0.25, 0.3) is 0 Å². The Labute approximate surface area is 360 Å². The van der Waals surface area contributed by atoms with Crippen LogP contribution in [0.2, 0.25) is 0 Å². The molecule has 0 unspecified atom stereocenters. The summed E-state index contributed by atoms with van der Waals surface area (Å²) in [4.78, 5) is 54.8. The van der Waals surface area contributed by atoms with E-state index in [0.717, 1.165) is 32.1 Å². The second-order valence-electron chi connectivity index (χ2n) is 15.2. The van der Waals surface area contributed by atoms with E-state index in [-0.39, 0.29) is 31.4 Å². The molecule has 342 valence electrons. The second kappa shape index (κ2) is 39.9. The van der Waals surface area contributed by atoms with Gasteiger partial charge in [-0.3, -0.25) is 18.9 Å². The summed E-state index contributed by atoms with van der Waals surface area (Å²) in [7, 11) is -4.89. The van der Waals surface area contributed by atoms with Crippen LogP contribution in [0.1, 0.15) is 174 Å². The number of aliphatic hydroxyl groups excluding tert-OH is 1. The Morgan fingerprint density at radius 3 is 1.83 bits per heavy atom. The number of nitrogens with two attached hydrogens (primary N) is 1. The number of unbranched alkanes of at least 4 members (excludes halogenated alkanes) is 18. The number of hydrogen-bond acceptors (Lipinski definition) is 10. The average molecular weight is 874 g/mol. The standard InChI is InChI=1S/C45H80NO11PS/c1-3-5-7-9-11-13-15-17-18-19-20-22-24-26-28-30-35-44(50)57-39(37-56-58(52,53)54)36-55-45(51)40(46)38-59-42(41(47)32-31-34-43(48)49)33-29-27-25-23-21-16-14-12-10-8-6-4-2/h12,14,21,23,25,27,29,33,39-42,47H,3-11,13,15-20,22,24,26,28,30-32,34-38,46H2,1-2H3,(H,48,49)(H2,52,53,54)/b14-12-,23-21-,27-25+,33-29+/t39-,40+,41+,42-/m1/s1. The van der Waals surface area contributed by atoms with Crippen molar-refractivity contribution in [3.05, 3.63) is 48.6 Å². The summed E-state index contributed by atoms with van der Waals surface area (Å²) in [5.41, 5.74) is 6.11. The molecule has 0 fully saturated rings. The van der Waals surface area contributed by atoms with Gasteiger partial charge in [0.1, 0.15) is 12.6 Å². The minimum absolute atomic E-state index is 0.0424. The molecule has 0 aromatic carbocycles. The largest absolute Gasteiger partial charge is 0.481 e. The summed E-state index contributed by atoms with van der Waals surface area (Å²) < 4.78 is 26.5. The monoisotopic (exact) mass is 874 g/mol. The van der Waals surface area contributed by atoms with Gasteiger partial charge in [0, 0.05) is 23.8 Å². The SMILES string of the molecule is CCCCC/C=C\C\C=C/C=C/C=C/[C@@H](SC[C@H](N)C(=O)OC[C@H](COP(=O)(O)O)OC(=O)CCCCCCCCCCCCCCCCCC)[C@@H](O)CCCC(=O)O. The van der Waals surface area contributed by atoms with E-state index in [9.17, 15) is 33.8 Å². The lowest BCUT2D eigenvalue weighted by Gasteiger charge is -2.22. The van der Waals surface area contributed by atoms with Gasteiger partial charge in [-0.05, 0) is 38.5 Å². The number of carboxylic acids is 1. The highest BCUT2D eigenvalue weighted by atomic mass is 32.2. The molecule has 0 rings (SSSR count). The van der Waals surface area contributed by atoms with Gasteiger partial charge in [0.05, 0.1) is 12.7 Å². The van der Waals surface area contributed by atoms with Gasteiger partial charge in [-0.1, -0.05) is 172 Å². The second-order valence-corrected chi connectivity index (χ2v) is 17.7. The number of aliphatic carboxylic acids is 1. The molecule has 0 aliphatic rings. The van der Waals surface area contributed by atoms with E-state index in [1.54, 1.807) is 12.2 Å². The van der Waals surface area contributed by atoms with Gasteiger partial charge in [-0.15, -0.1) is 11.8 Å². The van der Waals surface area contributed by atoms with Gasteiger partial charge in [0.15, 0.2) is 6.10 Å². The van der Waals surface area contributed by atoms with Gasteiger partial charge >= 0.3 is 25.7 Å². The van der Waals surface area contributed by atoms with Gasteiger partial charge < -0.3 is 35.2 Å². The third-order valence-corrected chi connectivity index (χ3v) is 11.5. The fourth-order valence-electron chi connectivity index (χ4n) is 6.11. The molecule has 0 spiro atoms. The number of rotatable bonds is 41. The predicted octanol–water partition coefficient (Wildman–Crippen LogP) is 10.4. The molecule has 0 radical (unpaired) electrons. The molecule has 0 aliphatic carbocycles. The van der Waals surface area contributed by atoms with E-state index in [1.807, 2.05) is 24.3 Å². The molecule has 4 atom stereocenters. The van der Waals surface area contributed by atoms with E-state index in [0.29, 0.717) is 6.42 Å². The van der Waals surface area contributed by atoms with Crippen LogP contribution in [0.15, 0.2) is 48.6 Å². The molecule has 59 heavy (non-hydrogen) atoms. The van der Waals surface area contributed by atoms with Crippen molar-refractivity contribution in [2.75, 3.05) is 19.0 Å². The minimum Gasteiger partial charge on any atom is -0.481 e. The minimum atomic E-state index is -4.89. The van der Waals surface area contributed by atoms with E-state index < -0.39 is 62.4 Å². The summed E-state index contributed by atoms with van der Waals surface area (Å²) in [6, 6.07) is -1.14. The zero-order valence-corrected chi connectivity index (χ0v) is 38.0. The van der Waals surface area contributed by atoms with Crippen molar-refractivity contribution in [3.63, 3.8) is 0 Å². The Balaban J connectivity index is 4.78. The highest BCUT2D eigenvalue weighted by molar-refractivity contribution is 8.00. The predicted molar refractivity (Wildman–Crippen MR) is 240 cm³/mol. The number of carbonyl (C=O) groups is 3. The zero-order chi connectivity index (χ0) is 43.8. The lowest BCUT2D eigenvalue weighted by molar-refractivity contribution is -0.161. The molecule has 0 saturated heterocycles. The smallest absolute Gasteiger partial charge is 0.469 e. The number of carbonyl (C=O) groups excluding carboxylic acids is 2. The Morgan fingerprint density at radius 1 is 0.695 bits per heavy atom. The Kier molecular flexibility index (Phi) is 38.3. The van der Waals surface area contributed by atoms with Crippen LogP contribution in [0.5, 0.6) is 0 Å². The van der Waals surface area contributed by atoms with Crippen LogP contribution in [-0.4, -0.2) is 80.4 Å². The maximum atomic E-state index is 12.8. The number of allylic oxidation sites excluding steroid dienone is 7. The number of hydrogen-bond donors (Lipinski definition) is 5. The first-order valence-corrected chi connectivity index (χ1v) is 25.0. The third kappa shape index (κ3) is 39.6. The first-order valence-electron chi connectivity index (χ1n) is 22.4. The number of phosphoric ester groups is 1.